The van der Waals surface area contributed by atoms with E-state index in [0.29, 0.717) is 30.5 Å². The number of nitrogens with zero attached hydrogens (tertiary/aromatic N) is 4. The van der Waals surface area contributed by atoms with Crippen LogP contribution in [0.4, 0.5) is 24.8 Å². The zero-order chi connectivity index (χ0) is 24.6. The summed E-state index contributed by atoms with van der Waals surface area (Å²) in [7, 11) is 0. The summed E-state index contributed by atoms with van der Waals surface area (Å²) in [5.74, 6) is -0.736. The monoisotopic (exact) mass is 483 g/mol. The quantitative estimate of drug-likeness (QED) is 0.474. The minimum Gasteiger partial charge on any atom is -0.393 e. The molecule has 2 aliphatic carbocycles. The van der Waals surface area contributed by atoms with Crippen LogP contribution >= 0.6 is 0 Å². The molecule has 10 heteroatoms. The van der Waals surface area contributed by atoms with Crippen molar-refractivity contribution in [3.63, 3.8) is 0 Å². The molecule has 3 aromatic rings. The van der Waals surface area contributed by atoms with Crippen molar-refractivity contribution in [2.24, 2.45) is 0 Å². The topological polar surface area (TPSA) is 91.2 Å². The molecule has 2 N–H and O–H groups in total. The Morgan fingerprint density at radius 2 is 1.86 bits per heavy atom. The van der Waals surface area contributed by atoms with E-state index in [9.17, 15) is 23.1 Å². The van der Waals surface area contributed by atoms with E-state index in [1.165, 1.54) is 47.8 Å². The van der Waals surface area contributed by atoms with Gasteiger partial charge in [-0.05, 0) is 56.0 Å². The Morgan fingerprint density at radius 1 is 1.11 bits per heavy atom. The first kappa shape index (κ1) is 23.2. The molecule has 0 radical (unpaired) electrons. The normalized spacial score (nSPS) is 25.3. The number of hydrogen-bond acceptors (Lipinski definition) is 6. The van der Waals surface area contributed by atoms with Crippen molar-refractivity contribution in [2.45, 2.75) is 49.4 Å². The molecule has 0 unspecified atom stereocenters. The Kier molecular flexibility index (Phi) is 6.14. The number of carbonyl (C=O) groups excluding carboxylic acids is 1. The Labute approximate surface area is 200 Å². The SMILES string of the molecule is O=CN(c1ccc(F)c(-c2cnc(NCC3(c4ncccc4F)CC(F)C3)nc2)c1)C1CC(O)C1. The minimum absolute atomic E-state index is 0.129. The van der Waals surface area contributed by atoms with Crippen molar-refractivity contribution in [1.29, 1.82) is 0 Å². The highest BCUT2D eigenvalue weighted by atomic mass is 19.1. The number of rotatable bonds is 8. The molecular formula is C25H24F3N5O2. The number of carbonyl (C=O) groups is 1. The number of aromatic nitrogens is 3. The molecule has 5 rings (SSSR count). The van der Waals surface area contributed by atoms with Crippen LogP contribution in [-0.4, -0.2) is 51.3 Å². The second-order valence-corrected chi connectivity index (χ2v) is 9.22. The van der Waals surface area contributed by atoms with E-state index in [0.717, 1.165) is 0 Å². The van der Waals surface area contributed by atoms with Crippen molar-refractivity contribution < 1.29 is 23.1 Å². The lowest BCUT2D eigenvalue weighted by Crippen LogP contribution is -2.49. The number of halogens is 3. The number of pyridine rings is 1. The summed E-state index contributed by atoms with van der Waals surface area (Å²) in [5.41, 5.74) is 0.580. The standard InChI is InChI=1S/C25H24F3N5O2/c26-16-9-25(10-16,23-22(28)2-1-5-29-23)13-32-24-30-11-15(12-31-24)20-8-17(3-4-21(20)27)33(14-34)18-6-19(35)7-18/h1-5,8,11-12,14,16,18-19,35H,6-7,9-10,13H2,(H,30,31,32). The summed E-state index contributed by atoms with van der Waals surface area (Å²) in [4.78, 5) is 25.7. The van der Waals surface area contributed by atoms with Crippen LogP contribution in [0.25, 0.3) is 11.1 Å². The number of benzene rings is 1. The summed E-state index contributed by atoms with van der Waals surface area (Å²) < 4.78 is 42.7. The second kappa shape index (κ2) is 9.26. The van der Waals surface area contributed by atoms with E-state index in [1.807, 2.05) is 0 Å². The van der Waals surface area contributed by atoms with Gasteiger partial charge in [0.2, 0.25) is 12.4 Å². The maximum absolute atomic E-state index is 14.6. The maximum atomic E-state index is 14.6. The highest BCUT2D eigenvalue weighted by Crippen LogP contribution is 2.45. The van der Waals surface area contributed by atoms with Crippen LogP contribution < -0.4 is 10.2 Å². The molecule has 1 aromatic carbocycles. The van der Waals surface area contributed by atoms with E-state index in [4.69, 9.17) is 0 Å². The number of amides is 1. The van der Waals surface area contributed by atoms with Gasteiger partial charge < -0.3 is 15.3 Å². The van der Waals surface area contributed by atoms with Gasteiger partial charge in [0, 0.05) is 53.4 Å². The highest BCUT2D eigenvalue weighted by molar-refractivity contribution is 5.79. The van der Waals surface area contributed by atoms with Crippen molar-refractivity contribution >= 4 is 18.0 Å². The summed E-state index contributed by atoms with van der Waals surface area (Å²) in [6.07, 6.45) is 4.85. The molecule has 0 spiro atoms. The first-order valence-corrected chi connectivity index (χ1v) is 11.4. The van der Waals surface area contributed by atoms with Crippen LogP contribution in [0.3, 0.4) is 0 Å². The molecule has 0 aliphatic heterocycles. The predicted molar refractivity (Wildman–Crippen MR) is 123 cm³/mol. The third-order valence-corrected chi connectivity index (χ3v) is 6.88. The third-order valence-electron chi connectivity index (χ3n) is 6.88. The van der Waals surface area contributed by atoms with Crippen molar-refractivity contribution in [2.75, 3.05) is 16.8 Å². The Balaban J connectivity index is 1.32. The summed E-state index contributed by atoms with van der Waals surface area (Å²) in [5, 5.41) is 12.6. The Bertz CT molecular complexity index is 1210. The number of nitrogens with one attached hydrogen (secondary N) is 1. The molecule has 182 valence electrons. The number of anilines is 2. The molecule has 0 bridgehead atoms. The van der Waals surface area contributed by atoms with Gasteiger partial charge in [0.15, 0.2) is 0 Å². The van der Waals surface area contributed by atoms with Crippen LogP contribution in [0.5, 0.6) is 0 Å². The zero-order valence-electron chi connectivity index (χ0n) is 18.7. The van der Waals surface area contributed by atoms with Crippen LogP contribution in [0, 0.1) is 11.6 Å². The van der Waals surface area contributed by atoms with Crippen LogP contribution in [0.1, 0.15) is 31.4 Å². The summed E-state index contributed by atoms with van der Waals surface area (Å²) in [6.45, 7) is 0.200. The number of aliphatic hydroxyl groups excluding tert-OH is 1. The maximum Gasteiger partial charge on any atom is 0.222 e. The van der Waals surface area contributed by atoms with E-state index in [2.05, 4.69) is 20.3 Å². The van der Waals surface area contributed by atoms with E-state index in [-0.39, 0.29) is 42.6 Å². The van der Waals surface area contributed by atoms with Gasteiger partial charge in [-0.25, -0.2) is 23.1 Å². The molecule has 1 amide bonds. The lowest BCUT2D eigenvalue weighted by molar-refractivity contribution is -0.108. The number of alkyl halides is 1. The highest BCUT2D eigenvalue weighted by Gasteiger charge is 2.48. The van der Waals surface area contributed by atoms with Crippen LogP contribution in [0.15, 0.2) is 48.9 Å². The Hall–Kier alpha value is -3.53. The van der Waals surface area contributed by atoms with Crippen molar-refractivity contribution in [3.05, 3.63) is 66.3 Å². The molecule has 2 saturated carbocycles. The van der Waals surface area contributed by atoms with Crippen LogP contribution in [-0.2, 0) is 10.2 Å². The van der Waals surface area contributed by atoms with Gasteiger partial charge in [0.1, 0.15) is 17.8 Å². The van der Waals surface area contributed by atoms with E-state index < -0.39 is 29.3 Å². The average molecular weight is 483 g/mol. The summed E-state index contributed by atoms with van der Waals surface area (Å²) in [6, 6.07) is 7.01. The van der Waals surface area contributed by atoms with Gasteiger partial charge in [-0.15, -0.1) is 0 Å². The number of hydrogen-bond donors (Lipinski definition) is 2. The second-order valence-electron chi connectivity index (χ2n) is 9.22. The first-order chi connectivity index (χ1) is 16.9. The van der Waals surface area contributed by atoms with Gasteiger partial charge in [0.25, 0.3) is 0 Å². The molecule has 2 aliphatic rings. The molecular weight excluding hydrogens is 459 g/mol. The van der Waals surface area contributed by atoms with Crippen molar-refractivity contribution in [3.8, 4) is 11.1 Å². The fourth-order valence-electron chi connectivity index (χ4n) is 4.83. The summed E-state index contributed by atoms with van der Waals surface area (Å²) >= 11 is 0. The predicted octanol–water partition coefficient (Wildman–Crippen LogP) is 3.78. The zero-order valence-corrected chi connectivity index (χ0v) is 18.7. The van der Waals surface area contributed by atoms with Gasteiger partial charge in [-0.1, -0.05) is 0 Å². The molecule has 0 atom stereocenters. The largest absolute Gasteiger partial charge is 0.393 e. The average Bonchev–Trinajstić information content (AvgIpc) is 2.82. The van der Waals surface area contributed by atoms with Gasteiger partial charge in [0.05, 0.1) is 11.8 Å². The van der Waals surface area contributed by atoms with Crippen molar-refractivity contribution in [1.82, 2.24) is 15.0 Å². The van der Waals surface area contributed by atoms with Gasteiger partial charge >= 0.3 is 0 Å². The van der Waals surface area contributed by atoms with E-state index in [1.54, 1.807) is 6.07 Å². The first-order valence-electron chi connectivity index (χ1n) is 11.4. The Morgan fingerprint density at radius 3 is 2.49 bits per heavy atom. The lowest BCUT2D eigenvalue weighted by atomic mass is 9.65. The van der Waals surface area contributed by atoms with Gasteiger partial charge in [-0.2, -0.15) is 0 Å². The minimum atomic E-state index is -1.02. The third kappa shape index (κ3) is 4.45. The molecule has 7 nitrogen and oxygen atoms in total. The van der Waals surface area contributed by atoms with Gasteiger partial charge in [-0.3, -0.25) is 9.78 Å². The molecule has 2 aromatic heterocycles. The fourth-order valence-corrected chi connectivity index (χ4v) is 4.83. The smallest absolute Gasteiger partial charge is 0.222 e. The molecule has 0 saturated heterocycles. The number of aliphatic hydroxyl groups is 1. The van der Waals surface area contributed by atoms with Crippen LogP contribution in [0.2, 0.25) is 0 Å². The molecule has 35 heavy (non-hydrogen) atoms. The van der Waals surface area contributed by atoms with E-state index >= 15 is 0 Å². The molecule has 2 fully saturated rings. The fraction of sp³-hybridized carbons (Fsp3) is 0.360. The lowest BCUT2D eigenvalue weighted by Gasteiger charge is -2.43. The molecule has 2 heterocycles.